The molecular weight excluding hydrogens is 499 g/mol. The third-order valence-corrected chi connectivity index (χ3v) is 8.36. The molecule has 3 amide bonds. The molecular formula is C30H43FN4O4. The molecule has 214 valence electrons. The second-order valence-corrected chi connectivity index (χ2v) is 11.9. The summed E-state index contributed by atoms with van der Waals surface area (Å²) < 4.78 is 19.6. The number of rotatable bonds is 5. The van der Waals surface area contributed by atoms with Crippen LogP contribution in [0.2, 0.25) is 0 Å². The molecule has 8 nitrogen and oxygen atoms in total. The van der Waals surface area contributed by atoms with E-state index in [4.69, 9.17) is 4.74 Å². The number of ether oxygens (including phenoxy) is 1. The van der Waals surface area contributed by atoms with Crippen LogP contribution in [-0.2, 0) is 19.1 Å². The third kappa shape index (κ3) is 7.66. The Bertz CT molecular complexity index is 1070. The first kappa shape index (κ1) is 29.2. The summed E-state index contributed by atoms with van der Waals surface area (Å²) in [5, 5.41) is 9.11. The van der Waals surface area contributed by atoms with E-state index < -0.39 is 11.5 Å². The minimum absolute atomic E-state index is 0.0432. The predicted octanol–water partition coefficient (Wildman–Crippen LogP) is 3.56. The number of carbonyl (C=O) groups excluding carboxylic acids is 3. The first-order valence-corrected chi connectivity index (χ1v) is 14.3. The van der Waals surface area contributed by atoms with Gasteiger partial charge in [0.25, 0.3) is 0 Å². The number of amides is 3. The Morgan fingerprint density at radius 2 is 1.97 bits per heavy atom. The van der Waals surface area contributed by atoms with Crippen LogP contribution in [0.3, 0.4) is 0 Å². The number of hydrogen-bond acceptors (Lipinski definition) is 5. The number of hydrogen-bond donors (Lipinski definition) is 3. The number of carbonyl (C=O) groups is 3. The standard InChI is InChI=1S/C30H43FN4O4/c1-20(2)16-26-28(37)33-25-9-15-39-19-22(25)6-4-5-10-30(29(38)34-26)11-13-35(14-12-30)18-27(36)32-23-8-7-21(3)24(31)17-23/h4-5,7-8,17,20,22,25-26H,6,9-16,18-19H2,1-3H3,(H,32,36)(H,33,37)(H,34,38)/b5-4+/t22-,25+,26-/m0/s1. The van der Waals surface area contributed by atoms with Gasteiger partial charge in [0.05, 0.1) is 18.6 Å². The van der Waals surface area contributed by atoms with E-state index in [9.17, 15) is 18.8 Å². The van der Waals surface area contributed by atoms with Crippen molar-refractivity contribution in [3.05, 3.63) is 41.7 Å². The second-order valence-electron chi connectivity index (χ2n) is 11.9. The minimum Gasteiger partial charge on any atom is -0.381 e. The molecule has 3 aliphatic rings. The van der Waals surface area contributed by atoms with E-state index in [0.29, 0.717) is 63.2 Å². The van der Waals surface area contributed by atoms with Gasteiger partial charge in [0.15, 0.2) is 0 Å². The molecule has 3 heterocycles. The summed E-state index contributed by atoms with van der Waals surface area (Å²) in [6.07, 6.45) is 8.14. The molecule has 2 saturated heterocycles. The molecule has 1 aromatic carbocycles. The normalized spacial score (nSPS) is 27.1. The van der Waals surface area contributed by atoms with Crippen molar-refractivity contribution in [2.45, 2.75) is 71.4 Å². The summed E-state index contributed by atoms with van der Waals surface area (Å²) in [6, 6.07) is 4.11. The van der Waals surface area contributed by atoms with E-state index in [1.807, 2.05) is 4.90 Å². The summed E-state index contributed by atoms with van der Waals surface area (Å²) in [4.78, 5) is 41.8. The highest BCUT2D eigenvalue weighted by Crippen LogP contribution is 2.37. The van der Waals surface area contributed by atoms with Crippen LogP contribution in [0.4, 0.5) is 10.1 Å². The summed E-state index contributed by atoms with van der Waals surface area (Å²) in [5.41, 5.74) is 0.319. The number of nitrogens with zero attached hydrogens (tertiary/aromatic N) is 1. The average Bonchev–Trinajstić information content (AvgIpc) is 2.89. The molecule has 0 aliphatic carbocycles. The molecule has 1 aromatic rings. The lowest BCUT2D eigenvalue weighted by Gasteiger charge is -2.41. The maximum Gasteiger partial charge on any atom is 0.242 e. The lowest BCUT2D eigenvalue weighted by molar-refractivity contribution is -0.138. The Morgan fingerprint density at radius 3 is 2.69 bits per heavy atom. The van der Waals surface area contributed by atoms with Crippen LogP contribution in [0.25, 0.3) is 0 Å². The number of piperidine rings is 1. The molecule has 3 N–H and O–H groups in total. The molecule has 0 aromatic heterocycles. The molecule has 2 fully saturated rings. The largest absolute Gasteiger partial charge is 0.381 e. The zero-order chi connectivity index (χ0) is 28.0. The Hall–Kier alpha value is -2.78. The van der Waals surface area contributed by atoms with Crippen molar-refractivity contribution in [1.29, 1.82) is 0 Å². The van der Waals surface area contributed by atoms with Gasteiger partial charge < -0.3 is 20.7 Å². The van der Waals surface area contributed by atoms with Gasteiger partial charge in [-0.2, -0.15) is 0 Å². The first-order valence-electron chi connectivity index (χ1n) is 14.3. The van der Waals surface area contributed by atoms with Crippen LogP contribution in [0, 0.1) is 30.0 Å². The fourth-order valence-electron chi connectivity index (χ4n) is 5.83. The Labute approximate surface area is 231 Å². The van der Waals surface area contributed by atoms with Crippen molar-refractivity contribution in [3.8, 4) is 0 Å². The number of halogens is 1. The highest BCUT2D eigenvalue weighted by molar-refractivity contribution is 5.92. The number of benzene rings is 1. The van der Waals surface area contributed by atoms with Gasteiger partial charge in [0.2, 0.25) is 17.7 Å². The maximum absolute atomic E-state index is 13.9. The van der Waals surface area contributed by atoms with E-state index in [0.717, 1.165) is 12.8 Å². The van der Waals surface area contributed by atoms with Crippen LogP contribution in [0.5, 0.6) is 0 Å². The van der Waals surface area contributed by atoms with Gasteiger partial charge >= 0.3 is 0 Å². The van der Waals surface area contributed by atoms with Crippen molar-refractivity contribution < 1.29 is 23.5 Å². The molecule has 4 rings (SSSR count). The Balaban J connectivity index is 1.43. The molecule has 1 spiro atoms. The van der Waals surface area contributed by atoms with Gasteiger partial charge in [-0.25, -0.2) is 4.39 Å². The van der Waals surface area contributed by atoms with Gasteiger partial charge in [0.1, 0.15) is 11.9 Å². The number of aryl methyl sites for hydroxylation is 1. The molecule has 9 heteroatoms. The summed E-state index contributed by atoms with van der Waals surface area (Å²) in [5.74, 6) is -0.309. The number of likely N-dealkylation sites (tertiary alicyclic amines) is 1. The molecule has 0 saturated carbocycles. The van der Waals surface area contributed by atoms with E-state index in [-0.39, 0.29) is 48.0 Å². The lowest BCUT2D eigenvalue weighted by Crippen LogP contribution is -2.57. The lowest BCUT2D eigenvalue weighted by atomic mass is 9.74. The van der Waals surface area contributed by atoms with Crippen LogP contribution < -0.4 is 16.0 Å². The van der Waals surface area contributed by atoms with E-state index in [1.54, 1.807) is 19.1 Å². The Morgan fingerprint density at radius 1 is 1.21 bits per heavy atom. The summed E-state index contributed by atoms with van der Waals surface area (Å²) in [6.45, 7) is 8.37. The van der Waals surface area contributed by atoms with E-state index >= 15 is 0 Å². The monoisotopic (exact) mass is 542 g/mol. The smallest absolute Gasteiger partial charge is 0.242 e. The topological polar surface area (TPSA) is 99.8 Å². The summed E-state index contributed by atoms with van der Waals surface area (Å²) in [7, 11) is 0. The maximum atomic E-state index is 13.9. The van der Waals surface area contributed by atoms with Crippen LogP contribution in [0.1, 0.15) is 57.9 Å². The van der Waals surface area contributed by atoms with Gasteiger partial charge in [-0.15, -0.1) is 0 Å². The SMILES string of the molecule is Cc1ccc(NC(=O)CN2CCC3(C/C=C/C[C@H]4COCC[C@H]4NC(=O)[C@H](CC(C)C)NC3=O)CC2)cc1F. The summed E-state index contributed by atoms with van der Waals surface area (Å²) >= 11 is 0. The number of fused-ring (bicyclic) bond motifs is 1. The van der Waals surface area contributed by atoms with Gasteiger partial charge in [-0.05, 0) is 82.2 Å². The average molecular weight is 543 g/mol. The third-order valence-electron chi connectivity index (χ3n) is 8.36. The molecule has 0 unspecified atom stereocenters. The molecule has 39 heavy (non-hydrogen) atoms. The van der Waals surface area contributed by atoms with Crippen molar-refractivity contribution in [2.75, 3.05) is 38.2 Å². The van der Waals surface area contributed by atoms with Crippen LogP contribution in [-0.4, -0.2) is 67.6 Å². The fraction of sp³-hybridized carbons (Fsp3) is 0.633. The minimum atomic E-state index is -0.638. The predicted molar refractivity (Wildman–Crippen MR) is 148 cm³/mol. The van der Waals surface area contributed by atoms with Gasteiger partial charge in [-0.1, -0.05) is 32.1 Å². The van der Waals surface area contributed by atoms with Crippen LogP contribution >= 0.6 is 0 Å². The van der Waals surface area contributed by atoms with Crippen LogP contribution in [0.15, 0.2) is 30.4 Å². The zero-order valence-corrected chi connectivity index (χ0v) is 23.4. The fourth-order valence-corrected chi connectivity index (χ4v) is 5.83. The molecule has 0 bridgehead atoms. The first-order chi connectivity index (χ1) is 18.6. The highest BCUT2D eigenvalue weighted by Gasteiger charge is 2.42. The number of allylic oxidation sites excluding steroid dienone is 2. The Kier molecular flexibility index (Phi) is 9.77. The quantitative estimate of drug-likeness (QED) is 0.494. The molecule has 3 atom stereocenters. The van der Waals surface area contributed by atoms with Crippen molar-refractivity contribution >= 4 is 23.4 Å². The molecule has 0 radical (unpaired) electrons. The van der Waals surface area contributed by atoms with E-state index in [1.165, 1.54) is 6.07 Å². The van der Waals surface area contributed by atoms with Gasteiger partial charge in [-0.3, -0.25) is 19.3 Å². The number of nitrogens with one attached hydrogen (secondary N) is 3. The number of anilines is 1. The van der Waals surface area contributed by atoms with Crippen molar-refractivity contribution in [2.24, 2.45) is 17.3 Å². The zero-order valence-electron chi connectivity index (χ0n) is 23.4. The second kappa shape index (κ2) is 13.0. The highest BCUT2D eigenvalue weighted by atomic mass is 19.1. The van der Waals surface area contributed by atoms with Gasteiger partial charge in [0, 0.05) is 24.3 Å². The van der Waals surface area contributed by atoms with E-state index in [2.05, 4.69) is 41.9 Å². The molecule has 3 aliphatic heterocycles. The van der Waals surface area contributed by atoms with Crippen molar-refractivity contribution in [1.82, 2.24) is 15.5 Å². The van der Waals surface area contributed by atoms with Crippen molar-refractivity contribution in [3.63, 3.8) is 0 Å².